The number of aromatic nitrogens is 3. The lowest BCUT2D eigenvalue weighted by Gasteiger charge is -2.13. The minimum absolute atomic E-state index is 0.317. The molecule has 3 rings (SSSR count). The number of fused-ring (bicyclic) bond motifs is 1. The Morgan fingerprint density at radius 1 is 1.50 bits per heavy atom. The summed E-state index contributed by atoms with van der Waals surface area (Å²) < 4.78 is 1.77. The van der Waals surface area contributed by atoms with E-state index < -0.39 is 0 Å². The van der Waals surface area contributed by atoms with Gasteiger partial charge in [0.1, 0.15) is 0 Å². The summed E-state index contributed by atoms with van der Waals surface area (Å²) in [5.41, 5.74) is 6.59. The molecule has 2 aromatic rings. The van der Waals surface area contributed by atoms with Crippen LogP contribution in [0.2, 0.25) is 0 Å². The van der Waals surface area contributed by atoms with Crippen LogP contribution in [-0.2, 0) is 0 Å². The topological polar surface area (TPSA) is 68.2 Å². The Kier molecular flexibility index (Phi) is 2.25. The quantitative estimate of drug-likeness (QED) is 0.797. The summed E-state index contributed by atoms with van der Waals surface area (Å²) in [5, 5.41) is 7.66. The highest BCUT2D eigenvalue weighted by molar-refractivity contribution is 5.43. The van der Waals surface area contributed by atoms with E-state index in [1.807, 2.05) is 24.4 Å². The molecule has 3 N–H and O–H groups in total. The van der Waals surface area contributed by atoms with Crippen LogP contribution in [0.3, 0.4) is 0 Å². The van der Waals surface area contributed by atoms with Gasteiger partial charge in [0.2, 0.25) is 5.95 Å². The number of hydrogen-bond donors (Lipinski definition) is 2. The first-order chi connectivity index (χ1) is 7.86. The molecule has 1 aliphatic carbocycles. The predicted octanol–water partition coefficient (Wildman–Crippen LogP) is 0.878. The van der Waals surface area contributed by atoms with E-state index in [-0.39, 0.29) is 0 Å². The van der Waals surface area contributed by atoms with Gasteiger partial charge in [-0.15, -0.1) is 5.10 Å². The molecule has 0 radical (unpaired) electrons. The summed E-state index contributed by atoms with van der Waals surface area (Å²) in [4.78, 5) is 4.40. The van der Waals surface area contributed by atoms with Gasteiger partial charge in [-0.05, 0) is 30.9 Å². The fourth-order valence-electron chi connectivity index (χ4n) is 1.93. The first kappa shape index (κ1) is 9.59. The lowest BCUT2D eigenvalue weighted by Crippen LogP contribution is -2.31. The molecule has 1 unspecified atom stereocenters. The third kappa shape index (κ3) is 1.74. The summed E-state index contributed by atoms with van der Waals surface area (Å²) in [6.07, 6.45) is 4.42. The minimum Gasteiger partial charge on any atom is -0.349 e. The summed E-state index contributed by atoms with van der Waals surface area (Å²) >= 11 is 0. The van der Waals surface area contributed by atoms with E-state index in [2.05, 4.69) is 15.4 Å². The third-order valence-corrected chi connectivity index (χ3v) is 3.00. The van der Waals surface area contributed by atoms with Crippen molar-refractivity contribution in [2.45, 2.75) is 18.9 Å². The molecule has 0 spiro atoms. The van der Waals surface area contributed by atoms with Gasteiger partial charge in [-0.1, -0.05) is 6.07 Å². The Balaban J connectivity index is 1.82. The minimum atomic E-state index is 0.317. The molecule has 0 aromatic carbocycles. The Morgan fingerprint density at radius 2 is 2.38 bits per heavy atom. The standard InChI is InChI=1S/C11H15N5/c12-7-9(8-4-5-8)13-11-14-10-3-1-2-6-16(10)15-11/h1-3,6,8-9H,4-5,7,12H2,(H,13,15). The van der Waals surface area contributed by atoms with Crippen LogP contribution in [0.25, 0.3) is 5.65 Å². The SMILES string of the molecule is NCC(Nc1nc2ccccn2n1)C1CC1. The molecule has 0 saturated heterocycles. The maximum Gasteiger partial charge on any atom is 0.243 e. The Bertz CT molecular complexity index is 455. The molecule has 0 bridgehead atoms. The maximum absolute atomic E-state index is 5.73. The fourth-order valence-corrected chi connectivity index (χ4v) is 1.93. The first-order valence-electron chi connectivity index (χ1n) is 5.65. The van der Waals surface area contributed by atoms with E-state index in [9.17, 15) is 0 Å². The highest BCUT2D eigenvalue weighted by Crippen LogP contribution is 2.33. The number of nitrogens with one attached hydrogen (secondary N) is 1. The lowest BCUT2D eigenvalue weighted by atomic mass is 10.2. The number of nitrogens with two attached hydrogens (primary N) is 1. The van der Waals surface area contributed by atoms with Crippen molar-refractivity contribution < 1.29 is 0 Å². The number of hydrogen-bond acceptors (Lipinski definition) is 4. The first-order valence-corrected chi connectivity index (χ1v) is 5.65. The largest absolute Gasteiger partial charge is 0.349 e. The molecule has 0 amide bonds. The molecule has 1 fully saturated rings. The van der Waals surface area contributed by atoms with Crippen molar-refractivity contribution in [1.29, 1.82) is 0 Å². The van der Waals surface area contributed by atoms with E-state index in [1.165, 1.54) is 12.8 Å². The molecular formula is C11H15N5. The van der Waals surface area contributed by atoms with Gasteiger partial charge in [0.15, 0.2) is 5.65 Å². The van der Waals surface area contributed by atoms with Crippen LogP contribution in [0.15, 0.2) is 24.4 Å². The highest BCUT2D eigenvalue weighted by Gasteiger charge is 2.30. The van der Waals surface area contributed by atoms with Gasteiger partial charge in [-0.2, -0.15) is 4.98 Å². The molecule has 5 nitrogen and oxygen atoms in total. The monoisotopic (exact) mass is 217 g/mol. The second-order valence-electron chi connectivity index (χ2n) is 4.26. The zero-order valence-electron chi connectivity index (χ0n) is 9.00. The van der Waals surface area contributed by atoms with E-state index >= 15 is 0 Å². The van der Waals surface area contributed by atoms with Crippen LogP contribution in [0.4, 0.5) is 5.95 Å². The van der Waals surface area contributed by atoms with E-state index in [0.717, 1.165) is 5.65 Å². The van der Waals surface area contributed by atoms with Crippen LogP contribution in [0, 0.1) is 5.92 Å². The molecule has 5 heteroatoms. The summed E-state index contributed by atoms with van der Waals surface area (Å²) in [6, 6.07) is 6.15. The van der Waals surface area contributed by atoms with E-state index in [0.29, 0.717) is 24.5 Å². The third-order valence-electron chi connectivity index (χ3n) is 3.00. The maximum atomic E-state index is 5.73. The predicted molar refractivity (Wildman–Crippen MR) is 62.2 cm³/mol. The van der Waals surface area contributed by atoms with Crippen molar-refractivity contribution in [2.24, 2.45) is 11.7 Å². The van der Waals surface area contributed by atoms with Crippen LogP contribution in [0.1, 0.15) is 12.8 Å². The molecule has 2 aromatic heterocycles. The molecular weight excluding hydrogens is 202 g/mol. The van der Waals surface area contributed by atoms with Gasteiger partial charge in [0.05, 0.1) is 0 Å². The van der Waals surface area contributed by atoms with Gasteiger partial charge >= 0.3 is 0 Å². The Labute approximate surface area is 93.7 Å². The van der Waals surface area contributed by atoms with Gasteiger partial charge in [-0.3, -0.25) is 0 Å². The van der Waals surface area contributed by atoms with Crippen molar-refractivity contribution in [3.05, 3.63) is 24.4 Å². The molecule has 1 saturated carbocycles. The average molecular weight is 217 g/mol. The van der Waals surface area contributed by atoms with Crippen LogP contribution in [-0.4, -0.2) is 27.2 Å². The Hall–Kier alpha value is -1.62. The number of anilines is 1. The summed E-state index contributed by atoms with van der Waals surface area (Å²) in [7, 11) is 0. The van der Waals surface area contributed by atoms with Crippen LogP contribution in [0.5, 0.6) is 0 Å². The smallest absolute Gasteiger partial charge is 0.243 e. The molecule has 16 heavy (non-hydrogen) atoms. The molecule has 2 heterocycles. The van der Waals surface area contributed by atoms with Gasteiger partial charge < -0.3 is 11.1 Å². The van der Waals surface area contributed by atoms with Gasteiger partial charge in [0.25, 0.3) is 0 Å². The van der Waals surface area contributed by atoms with Gasteiger partial charge in [-0.25, -0.2) is 4.52 Å². The van der Waals surface area contributed by atoms with Gasteiger partial charge in [0, 0.05) is 18.8 Å². The highest BCUT2D eigenvalue weighted by atomic mass is 15.3. The van der Waals surface area contributed by atoms with Crippen molar-refractivity contribution >= 4 is 11.6 Å². The van der Waals surface area contributed by atoms with E-state index in [4.69, 9.17) is 5.73 Å². The molecule has 0 aliphatic heterocycles. The van der Waals surface area contributed by atoms with Crippen molar-refractivity contribution in [3.8, 4) is 0 Å². The summed E-state index contributed by atoms with van der Waals surface area (Å²) in [5.74, 6) is 1.38. The molecule has 84 valence electrons. The second-order valence-corrected chi connectivity index (χ2v) is 4.26. The Morgan fingerprint density at radius 3 is 3.06 bits per heavy atom. The zero-order valence-corrected chi connectivity index (χ0v) is 9.00. The van der Waals surface area contributed by atoms with Crippen molar-refractivity contribution in [1.82, 2.24) is 14.6 Å². The second kappa shape index (κ2) is 3.75. The van der Waals surface area contributed by atoms with Crippen molar-refractivity contribution in [2.75, 3.05) is 11.9 Å². The average Bonchev–Trinajstić information content (AvgIpc) is 3.06. The number of nitrogens with zero attached hydrogens (tertiary/aromatic N) is 3. The summed E-state index contributed by atoms with van der Waals surface area (Å²) in [6.45, 7) is 0.639. The van der Waals surface area contributed by atoms with Crippen LogP contribution >= 0.6 is 0 Å². The lowest BCUT2D eigenvalue weighted by molar-refractivity contribution is 0.639. The van der Waals surface area contributed by atoms with Crippen LogP contribution < -0.4 is 11.1 Å². The number of rotatable bonds is 4. The van der Waals surface area contributed by atoms with Crippen molar-refractivity contribution in [3.63, 3.8) is 0 Å². The molecule has 1 aliphatic rings. The van der Waals surface area contributed by atoms with E-state index in [1.54, 1.807) is 4.52 Å². The fraction of sp³-hybridized carbons (Fsp3) is 0.455. The number of pyridine rings is 1. The molecule has 1 atom stereocenters. The normalized spacial score (nSPS) is 17.6. The zero-order chi connectivity index (χ0) is 11.0.